The number of hydrogen-bond donors (Lipinski definition) is 0. The van der Waals surface area contributed by atoms with Gasteiger partial charge in [-0.25, -0.2) is 0 Å². The predicted octanol–water partition coefficient (Wildman–Crippen LogP) is 3.72. The van der Waals surface area contributed by atoms with Crippen molar-refractivity contribution in [1.29, 1.82) is 0 Å². The lowest BCUT2D eigenvalue weighted by molar-refractivity contribution is 0.128. The van der Waals surface area contributed by atoms with E-state index in [4.69, 9.17) is 19.0 Å². The molecule has 0 bridgehead atoms. The molecule has 0 atom stereocenters. The number of ether oxygens (including phenoxy) is 3. The van der Waals surface area contributed by atoms with Crippen LogP contribution in [0.1, 0.15) is 29.5 Å². The Morgan fingerprint density at radius 2 is 1.88 bits per heavy atom. The second kappa shape index (κ2) is 7.05. The Hall–Kier alpha value is -2.69. The summed E-state index contributed by atoms with van der Waals surface area (Å²) in [6, 6.07) is 12.0. The van der Waals surface area contributed by atoms with Gasteiger partial charge in [0.1, 0.15) is 25.6 Å². The summed E-state index contributed by atoms with van der Waals surface area (Å²) in [6.45, 7) is 1.59. The van der Waals surface area contributed by atoms with Gasteiger partial charge in [-0.3, -0.25) is 0 Å². The van der Waals surface area contributed by atoms with Gasteiger partial charge in [0.2, 0.25) is 0 Å². The van der Waals surface area contributed by atoms with Crippen molar-refractivity contribution in [2.24, 2.45) is 5.16 Å². The van der Waals surface area contributed by atoms with E-state index in [0.29, 0.717) is 19.8 Å². The average Bonchev–Trinajstić information content (AvgIpc) is 2.67. The number of hydrogen-bond acceptors (Lipinski definition) is 5. The fourth-order valence-corrected chi connectivity index (χ4v) is 3.22. The maximum atomic E-state index is 5.62. The minimum absolute atomic E-state index is 0.408. The number of oxime groups is 1. The molecule has 5 nitrogen and oxygen atoms in total. The van der Waals surface area contributed by atoms with E-state index in [9.17, 15) is 0 Å². The number of methoxy groups -OCH3 is 1. The van der Waals surface area contributed by atoms with Crippen LogP contribution in [0.4, 0.5) is 0 Å². The molecule has 0 spiro atoms. The van der Waals surface area contributed by atoms with Crippen LogP contribution in [0.5, 0.6) is 17.2 Å². The summed E-state index contributed by atoms with van der Waals surface area (Å²) in [6.07, 6.45) is 3.06. The van der Waals surface area contributed by atoms with Crippen molar-refractivity contribution < 1.29 is 19.0 Å². The summed E-state index contributed by atoms with van der Waals surface area (Å²) in [7, 11) is 1.69. The molecule has 130 valence electrons. The van der Waals surface area contributed by atoms with Crippen molar-refractivity contribution >= 4 is 5.71 Å². The molecule has 0 unspecified atom stereocenters. The van der Waals surface area contributed by atoms with Crippen molar-refractivity contribution in [1.82, 2.24) is 0 Å². The van der Waals surface area contributed by atoms with E-state index in [0.717, 1.165) is 53.3 Å². The number of rotatable bonds is 4. The van der Waals surface area contributed by atoms with Gasteiger partial charge in [0, 0.05) is 5.56 Å². The number of aryl methyl sites for hydroxylation is 1. The molecule has 1 heterocycles. The van der Waals surface area contributed by atoms with Gasteiger partial charge in [0.05, 0.1) is 12.8 Å². The largest absolute Gasteiger partial charge is 0.497 e. The Balaban J connectivity index is 1.46. The van der Waals surface area contributed by atoms with E-state index in [1.165, 1.54) is 5.56 Å². The van der Waals surface area contributed by atoms with Crippen molar-refractivity contribution in [3.63, 3.8) is 0 Å². The maximum absolute atomic E-state index is 5.62. The molecule has 0 N–H and O–H groups in total. The minimum atomic E-state index is 0.408. The third-order valence-electron chi connectivity index (χ3n) is 4.50. The molecule has 0 amide bonds. The molecule has 4 rings (SSSR count). The second-order valence-corrected chi connectivity index (χ2v) is 6.17. The van der Waals surface area contributed by atoms with Gasteiger partial charge < -0.3 is 19.0 Å². The number of benzene rings is 2. The zero-order valence-electron chi connectivity index (χ0n) is 14.3. The summed E-state index contributed by atoms with van der Waals surface area (Å²) < 4.78 is 16.4. The zero-order valence-corrected chi connectivity index (χ0v) is 14.3. The van der Waals surface area contributed by atoms with Gasteiger partial charge in [-0.1, -0.05) is 11.2 Å². The van der Waals surface area contributed by atoms with Crippen LogP contribution in [0.15, 0.2) is 41.6 Å². The third-order valence-corrected chi connectivity index (χ3v) is 4.50. The van der Waals surface area contributed by atoms with E-state index < -0.39 is 0 Å². The molecule has 25 heavy (non-hydrogen) atoms. The molecule has 0 aromatic heterocycles. The first-order valence-corrected chi connectivity index (χ1v) is 8.58. The van der Waals surface area contributed by atoms with Crippen LogP contribution in [0.2, 0.25) is 0 Å². The van der Waals surface area contributed by atoms with E-state index >= 15 is 0 Å². The molecule has 1 aliphatic carbocycles. The Kier molecular flexibility index (Phi) is 4.46. The highest BCUT2D eigenvalue weighted by atomic mass is 16.6. The van der Waals surface area contributed by atoms with Gasteiger partial charge in [-0.15, -0.1) is 0 Å². The zero-order chi connectivity index (χ0) is 17.1. The minimum Gasteiger partial charge on any atom is -0.497 e. The fraction of sp³-hybridized carbons (Fsp3) is 0.350. The fourth-order valence-electron chi connectivity index (χ4n) is 3.22. The van der Waals surface area contributed by atoms with Crippen molar-refractivity contribution in [3.05, 3.63) is 53.1 Å². The molecule has 2 aromatic carbocycles. The maximum Gasteiger partial charge on any atom is 0.161 e. The molecule has 0 fully saturated rings. The van der Waals surface area contributed by atoms with Crippen LogP contribution >= 0.6 is 0 Å². The first-order valence-electron chi connectivity index (χ1n) is 8.58. The third kappa shape index (κ3) is 3.40. The van der Waals surface area contributed by atoms with Gasteiger partial charge in [0.15, 0.2) is 11.5 Å². The van der Waals surface area contributed by atoms with Crippen molar-refractivity contribution in [3.8, 4) is 17.2 Å². The van der Waals surface area contributed by atoms with Crippen molar-refractivity contribution in [2.45, 2.75) is 25.9 Å². The smallest absolute Gasteiger partial charge is 0.161 e. The molecule has 0 radical (unpaired) electrons. The van der Waals surface area contributed by atoms with E-state index in [-0.39, 0.29) is 0 Å². The SMILES string of the molecule is COc1ccc2c(c1)CCC/C2=N/OCc1ccc2c(c1)OCCO2. The number of fused-ring (bicyclic) bond motifs is 2. The average molecular weight is 339 g/mol. The molecule has 0 saturated heterocycles. The Morgan fingerprint density at radius 1 is 1.00 bits per heavy atom. The Labute approximate surface area is 147 Å². The van der Waals surface area contributed by atoms with Gasteiger partial charge >= 0.3 is 0 Å². The molecule has 5 heteroatoms. The molecule has 1 aliphatic heterocycles. The summed E-state index contributed by atoms with van der Waals surface area (Å²) in [5.74, 6) is 2.45. The van der Waals surface area contributed by atoms with Crippen LogP contribution in [0, 0.1) is 0 Å². The van der Waals surface area contributed by atoms with Gasteiger partial charge in [0.25, 0.3) is 0 Å². The monoisotopic (exact) mass is 339 g/mol. The lowest BCUT2D eigenvalue weighted by atomic mass is 9.90. The lowest BCUT2D eigenvalue weighted by Gasteiger charge is -2.19. The summed E-state index contributed by atoms with van der Waals surface area (Å²) >= 11 is 0. The molecule has 2 aliphatic rings. The first kappa shape index (κ1) is 15.8. The first-order chi connectivity index (χ1) is 12.3. The van der Waals surface area contributed by atoms with Crippen LogP contribution in [0.25, 0.3) is 0 Å². The topological polar surface area (TPSA) is 49.3 Å². The van der Waals surface area contributed by atoms with Gasteiger partial charge in [-0.05, 0) is 60.7 Å². The predicted molar refractivity (Wildman–Crippen MR) is 94.7 cm³/mol. The Bertz CT molecular complexity index is 800. The quantitative estimate of drug-likeness (QED) is 0.797. The highest BCUT2D eigenvalue weighted by molar-refractivity contribution is 6.02. The Morgan fingerprint density at radius 3 is 2.76 bits per heavy atom. The summed E-state index contributed by atoms with van der Waals surface area (Å²) in [4.78, 5) is 5.62. The standard InChI is InChI=1S/C20H21NO4/c1-22-16-6-7-17-15(12-16)3-2-4-18(17)21-25-13-14-5-8-19-20(11-14)24-10-9-23-19/h5-8,11-12H,2-4,9-10,13H2,1H3/b21-18-. The highest BCUT2D eigenvalue weighted by Crippen LogP contribution is 2.31. The van der Waals surface area contributed by atoms with E-state index in [1.807, 2.05) is 24.3 Å². The summed E-state index contributed by atoms with van der Waals surface area (Å²) in [5.41, 5.74) is 4.45. The van der Waals surface area contributed by atoms with Crippen LogP contribution < -0.4 is 14.2 Å². The van der Waals surface area contributed by atoms with Crippen LogP contribution in [0.3, 0.4) is 0 Å². The van der Waals surface area contributed by atoms with Crippen molar-refractivity contribution in [2.75, 3.05) is 20.3 Å². The molecule has 0 saturated carbocycles. The highest BCUT2D eigenvalue weighted by Gasteiger charge is 2.17. The van der Waals surface area contributed by atoms with E-state index in [1.54, 1.807) is 7.11 Å². The molecule has 2 aromatic rings. The molecular weight excluding hydrogens is 318 g/mol. The van der Waals surface area contributed by atoms with Gasteiger partial charge in [-0.2, -0.15) is 0 Å². The van der Waals surface area contributed by atoms with Crippen LogP contribution in [-0.4, -0.2) is 26.0 Å². The second-order valence-electron chi connectivity index (χ2n) is 6.17. The lowest BCUT2D eigenvalue weighted by Crippen LogP contribution is -2.15. The van der Waals surface area contributed by atoms with E-state index in [2.05, 4.69) is 17.3 Å². The molecular formula is C20H21NO4. The summed E-state index contributed by atoms with van der Waals surface area (Å²) in [5, 5.41) is 4.39. The van der Waals surface area contributed by atoms with Crippen LogP contribution in [-0.2, 0) is 17.9 Å². The number of nitrogens with zero attached hydrogens (tertiary/aromatic N) is 1. The normalized spacial score (nSPS) is 17.1.